The second-order valence-electron chi connectivity index (χ2n) is 4.18. The van der Waals surface area contributed by atoms with E-state index in [0.717, 1.165) is 6.07 Å². The van der Waals surface area contributed by atoms with Crippen molar-refractivity contribution >= 4 is 16.0 Å². The zero-order chi connectivity index (χ0) is 14.8. The molecular weight excluding hydrogens is 282 g/mol. The van der Waals surface area contributed by atoms with Crippen molar-refractivity contribution in [2.24, 2.45) is 7.05 Å². The Morgan fingerprint density at radius 2 is 2.20 bits per heavy atom. The molecule has 2 N–H and O–H groups in total. The van der Waals surface area contributed by atoms with Crippen LogP contribution in [0.1, 0.15) is 15.9 Å². The van der Waals surface area contributed by atoms with Crippen LogP contribution in [-0.4, -0.2) is 29.3 Å². The van der Waals surface area contributed by atoms with Gasteiger partial charge in [0.2, 0.25) is 10.0 Å². The average molecular weight is 295 g/mol. The number of benzene rings is 1. The van der Waals surface area contributed by atoms with Gasteiger partial charge in [-0.1, -0.05) is 6.07 Å². The van der Waals surface area contributed by atoms with Gasteiger partial charge in [0.1, 0.15) is 0 Å². The van der Waals surface area contributed by atoms with Gasteiger partial charge in [0.05, 0.1) is 16.7 Å². The summed E-state index contributed by atoms with van der Waals surface area (Å²) in [4.78, 5) is 10.8. The molecule has 1 heterocycles. The van der Waals surface area contributed by atoms with Crippen LogP contribution in [0.3, 0.4) is 0 Å². The summed E-state index contributed by atoms with van der Waals surface area (Å²) in [5.41, 5.74) is 0.639. The zero-order valence-corrected chi connectivity index (χ0v) is 11.5. The number of sulfonamides is 1. The van der Waals surface area contributed by atoms with Gasteiger partial charge in [-0.15, -0.1) is 0 Å². The van der Waals surface area contributed by atoms with Crippen LogP contribution in [0, 0.1) is 0 Å². The molecular formula is C12H13N3O4S. The van der Waals surface area contributed by atoms with Crippen molar-refractivity contribution in [3.05, 3.63) is 47.8 Å². The molecule has 2 aromatic rings. The van der Waals surface area contributed by atoms with E-state index in [9.17, 15) is 13.2 Å². The van der Waals surface area contributed by atoms with Gasteiger partial charge in [-0.3, -0.25) is 4.68 Å². The van der Waals surface area contributed by atoms with E-state index in [2.05, 4.69) is 9.82 Å². The lowest BCUT2D eigenvalue weighted by Crippen LogP contribution is -2.23. The molecule has 0 spiro atoms. The fraction of sp³-hybridized carbons (Fsp3) is 0.167. The first kappa shape index (κ1) is 14.2. The number of aryl methyl sites for hydroxylation is 1. The van der Waals surface area contributed by atoms with Gasteiger partial charge in [0.25, 0.3) is 0 Å². The van der Waals surface area contributed by atoms with E-state index < -0.39 is 16.0 Å². The van der Waals surface area contributed by atoms with E-state index in [4.69, 9.17) is 5.11 Å². The van der Waals surface area contributed by atoms with Crippen LogP contribution >= 0.6 is 0 Å². The summed E-state index contributed by atoms with van der Waals surface area (Å²) in [6, 6.07) is 5.19. The molecule has 20 heavy (non-hydrogen) atoms. The highest BCUT2D eigenvalue weighted by Gasteiger charge is 2.16. The minimum Gasteiger partial charge on any atom is -0.478 e. The molecule has 2 rings (SSSR count). The molecule has 0 radical (unpaired) electrons. The van der Waals surface area contributed by atoms with Gasteiger partial charge >= 0.3 is 5.97 Å². The normalized spacial score (nSPS) is 11.4. The maximum Gasteiger partial charge on any atom is 0.335 e. The molecule has 0 aliphatic carbocycles. The Labute approximate surface area is 115 Å². The summed E-state index contributed by atoms with van der Waals surface area (Å²) < 4.78 is 28.1. The zero-order valence-electron chi connectivity index (χ0n) is 10.6. The third-order valence-corrected chi connectivity index (χ3v) is 4.01. The third-order valence-electron chi connectivity index (χ3n) is 2.62. The van der Waals surface area contributed by atoms with E-state index in [1.54, 1.807) is 24.1 Å². The average Bonchev–Trinajstić information content (AvgIpc) is 2.82. The monoisotopic (exact) mass is 295 g/mol. The Morgan fingerprint density at radius 1 is 1.45 bits per heavy atom. The van der Waals surface area contributed by atoms with Crippen LogP contribution in [0.5, 0.6) is 0 Å². The number of hydrogen-bond donors (Lipinski definition) is 2. The van der Waals surface area contributed by atoms with Crippen LogP contribution in [0.25, 0.3) is 0 Å². The number of rotatable bonds is 5. The standard InChI is InChI=1S/C12H13N3O4S/c1-15-8-9(6-13-15)7-14-20(18,19)11-4-2-3-10(5-11)12(16)17/h2-6,8,14H,7H2,1H3,(H,16,17). The van der Waals surface area contributed by atoms with Crippen molar-refractivity contribution in [3.63, 3.8) is 0 Å². The number of aromatic nitrogens is 2. The number of nitrogens with one attached hydrogen (secondary N) is 1. The lowest BCUT2D eigenvalue weighted by atomic mass is 10.2. The Morgan fingerprint density at radius 3 is 2.80 bits per heavy atom. The smallest absolute Gasteiger partial charge is 0.335 e. The molecule has 0 unspecified atom stereocenters. The van der Waals surface area contributed by atoms with Crippen molar-refractivity contribution in [1.82, 2.24) is 14.5 Å². The minimum atomic E-state index is -3.76. The summed E-state index contributed by atoms with van der Waals surface area (Å²) in [5.74, 6) is -1.17. The summed E-state index contributed by atoms with van der Waals surface area (Å²) in [5, 5.41) is 12.8. The number of carbonyl (C=O) groups is 1. The van der Waals surface area contributed by atoms with Gasteiger partial charge in [-0.2, -0.15) is 5.10 Å². The summed E-state index contributed by atoms with van der Waals surface area (Å²) in [6.45, 7) is 0.0907. The minimum absolute atomic E-state index is 0.0748. The number of carboxylic acid groups (broad SMARTS) is 1. The van der Waals surface area contributed by atoms with Crippen molar-refractivity contribution < 1.29 is 18.3 Å². The van der Waals surface area contributed by atoms with Crippen molar-refractivity contribution in [2.45, 2.75) is 11.4 Å². The summed E-state index contributed by atoms with van der Waals surface area (Å²) in [6.07, 6.45) is 3.24. The first-order chi connectivity index (χ1) is 9.38. The second-order valence-corrected chi connectivity index (χ2v) is 5.95. The lowest BCUT2D eigenvalue weighted by Gasteiger charge is -2.06. The maximum absolute atomic E-state index is 12.1. The molecule has 8 heteroatoms. The third kappa shape index (κ3) is 3.22. The maximum atomic E-state index is 12.1. The summed E-state index contributed by atoms with van der Waals surface area (Å²) in [7, 11) is -2.03. The van der Waals surface area contributed by atoms with E-state index in [1.165, 1.54) is 18.2 Å². The molecule has 0 amide bonds. The van der Waals surface area contributed by atoms with Crippen LogP contribution in [0.15, 0.2) is 41.6 Å². The number of nitrogens with zero attached hydrogens (tertiary/aromatic N) is 2. The first-order valence-corrected chi connectivity index (χ1v) is 7.17. The van der Waals surface area contributed by atoms with Gasteiger partial charge < -0.3 is 5.11 Å². The van der Waals surface area contributed by atoms with Gasteiger partial charge in [0, 0.05) is 25.4 Å². The van der Waals surface area contributed by atoms with E-state index in [1.807, 2.05) is 0 Å². The fourth-order valence-electron chi connectivity index (χ4n) is 1.62. The molecule has 106 valence electrons. The number of hydrogen-bond acceptors (Lipinski definition) is 4. The second kappa shape index (κ2) is 5.43. The quantitative estimate of drug-likeness (QED) is 0.841. The van der Waals surface area contributed by atoms with Crippen molar-refractivity contribution in [1.29, 1.82) is 0 Å². The molecule has 0 atom stereocenters. The van der Waals surface area contributed by atoms with Crippen molar-refractivity contribution in [2.75, 3.05) is 0 Å². The molecule has 7 nitrogen and oxygen atoms in total. The van der Waals surface area contributed by atoms with Gasteiger partial charge in [-0.05, 0) is 18.2 Å². The topological polar surface area (TPSA) is 101 Å². The molecule has 0 saturated heterocycles. The van der Waals surface area contributed by atoms with Gasteiger partial charge in [0.15, 0.2) is 0 Å². The Hall–Kier alpha value is -2.19. The number of aromatic carboxylic acids is 1. The molecule has 0 fully saturated rings. The van der Waals surface area contributed by atoms with Crippen LogP contribution in [0.4, 0.5) is 0 Å². The fourth-order valence-corrected chi connectivity index (χ4v) is 2.68. The predicted octanol–water partition coefficient (Wildman–Crippen LogP) is 0.597. The molecule has 1 aromatic carbocycles. The first-order valence-electron chi connectivity index (χ1n) is 5.69. The SMILES string of the molecule is Cn1cc(CNS(=O)(=O)c2cccc(C(=O)O)c2)cn1. The van der Waals surface area contributed by atoms with Crippen LogP contribution in [-0.2, 0) is 23.6 Å². The van der Waals surface area contributed by atoms with E-state index in [-0.39, 0.29) is 17.0 Å². The highest BCUT2D eigenvalue weighted by Crippen LogP contribution is 2.12. The van der Waals surface area contributed by atoms with E-state index >= 15 is 0 Å². The number of carboxylic acids is 1. The molecule has 0 aliphatic rings. The Kier molecular flexibility index (Phi) is 3.86. The molecule has 1 aromatic heterocycles. The van der Waals surface area contributed by atoms with Gasteiger partial charge in [-0.25, -0.2) is 17.9 Å². The predicted molar refractivity (Wildman–Crippen MR) is 70.6 cm³/mol. The Bertz CT molecular complexity index is 737. The van der Waals surface area contributed by atoms with Crippen LogP contribution in [0.2, 0.25) is 0 Å². The van der Waals surface area contributed by atoms with E-state index in [0.29, 0.717) is 5.56 Å². The largest absolute Gasteiger partial charge is 0.478 e. The van der Waals surface area contributed by atoms with Crippen molar-refractivity contribution in [3.8, 4) is 0 Å². The Balaban J connectivity index is 2.17. The molecule has 0 saturated carbocycles. The molecule has 0 aliphatic heterocycles. The van der Waals surface area contributed by atoms with Crippen LogP contribution < -0.4 is 4.72 Å². The highest BCUT2D eigenvalue weighted by atomic mass is 32.2. The summed E-state index contributed by atoms with van der Waals surface area (Å²) >= 11 is 0. The lowest BCUT2D eigenvalue weighted by molar-refractivity contribution is 0.0696. The highest BCUT2D eigenvalue weighted by molar-refractivity contribution is 7.89. The molecule has 0 bridgehead atoms.